The van der Waals surface area contributed by atoms with Crippen LogP contribution in [0, 0.1) is 0 Å². The first-order valence-electron chi connectivity index (χ1n) is 7.30. The van der Waals surface area contributed by atoms with Crippen LogP contribution in [0.4, 0.5) is 5.69 Å². The number of rotatable bonds is 4. The number of allylic oxidation sites excluding steroid dienone is 2. The van der Waals surface area contributed by atoms with Gasteiger partial charge in [0.25, 0.3) is 5.91 Å². The van der Waals surface area contributed by atoms with Crippen LogP contribution in [0.15, 0.2) is 63.2 Å². The van der Waals surface area contributed by atoms with E-state index in [1.165, 1.54) is 11.8 Å². The lowest BCUT2D eigenvalue weighted by atomic mass is 10.3. The van der Waals surface area contributed by atoms with Crippen molar-refractivity contribution < 1.29 is 9.21 Å². The molecule has 0 saturated carbocycles. The lowest BCUT2D eigenvalue weighted by Crippen LogP contribution is -2.28. The molecule has 1 aliphatic heterocycles. The number of amides is 1. The van der Waals surface area contributed by atoms with E-state index >= 15 is 0 Å². The Morgan fingerprint density at radius 2 is 2.29 bits per heavy atom. The van der Waals surface area contributed by atoms with Crippen molar-refractivity contribution in [1.82, 2.24) is 9.88 Å². The molecule has 0 radical (unpaired) electrons. The Morgan fingerprint density at radius 3 is 3.00 bits per heavy atom. The monoisotopic (exact) mass is 359 g/mol. The van der Waals surface area contributed by atoms with E-state index in [4.69, 9.17) is 16.0 Å². The minimum absolute atomic E-state index is 0.0784. The van der Waals surface area contributed by atoms with Gasteiger partial charge in [-0.15, -0.1) is 0 Å². The molecular weight excluding hydrogens is 346 g/mol. The number of thioether (sulfide) groups is 1. The molecule has 24 heavy (non-hydrogen) atoms. The first-order valence-corrected chi connectivity index (χ1v) is 8.49. The standard InChI is InChI=1S/C17H14ClN3O2S/c1-2-21-16(22)14(9-3-6-12-7-5-11-23-12)24-17(21)20-13-8-4-10-19-15(13)18/h3-11H,2H2,1H3/b6-3+,14-9+,20-17?. The maximum absolute atomic E-state index is 12.5. The van der Waals surface area contributed by atoms with Crippen molar-refractivity contribution in [3.05, 3.63) is 64.7 Å². The normalized spacial score (nSPS) is 18.4. The Labute approximate surface area is 148 Å². The molecule has 0 atom stereocenters. The molecular formula is C17H14ClN3O2S. The largest absolute Gasteiger partial charge is 0.465 e. The minimum Gasteiger partial charge on any atom is -0.465 e. The number of carbonyl (C=O) groups is 1. The number of likely N-dealkylation sites (N-methyl/N-ethyl adjacent to an activating group) is 1. The van der Waals surface area contributed by atoms with Crippen LogP contribution in [-0.4, -0.2) is 27.5 Å². The van der Waals surface area contributed by atoms with Crippen LogP contribution in [0.5, 0.6) is 0 Å². The molecule has 1 saturated heterocycles. The Bertz CT molecular complexity index is 828. The van der Waals surface area contributed by atoms with Crippen LogP contribution >= 0.6 is 23.4 Å². The van der Waals surface area contributed by atoms with Gasteiger partial charge in [-0.2, -0.15) is 0 Å². The summed E-state index contributed by atoms with van der Waals surface area (Å²) < 4.78 is 5.22. The number of amidine groups is 1. The smallest absolute Gasteiger partial charge is 0.266 e. The number of aromatic nitrogens is 1. The molecule has 0 N–H and O–H groups in total. The SMILES string of the molecule is CCN1C(=O)/C(=C\C=C\c2ccco2)SC1=Nc1cccnc1Cl. The molecule has 1 amide bonds. The zero-order valence-electron chi connectivity index (χ0n) is 12.8. The van der Waals surface area contributed by atoms with Crippen molar-refractivity contribution in [2.45, 2.75) is 6.92 Å². The molecule has 2 aromatic rings. The van der Waals surface area contributed by atoms with Gasteiger partial charge >= 0.3 is 0 Å². The number of pyridine rings is 1. The zero-order valence-corrected chi connectivity index (χ0v) is 14.4. The fraction of sp³-hybridized carbons (Fsp3) is 0.118. The maximum atomic E-state index is 12.5. The van der Waals surface area contributed by atoms with Crippen LogP contribution in [0.25, 0.3) is 6.08 Å². The number of halogens is 1. The lowest BCUT2D eigenvalue weighted by Gasteiger charge is -2.12. The van der Waals surface area contributed by atoms with Gasteiger partial charge in [0.2, 0.25) is 0 Å². The molecule has 3 rings (SSSR count). The number of aliphatic imine (C=N–C) groups is 1. The van der Waals surface area contributed by atoms with Crippen molar-refractivity contribution >= 4 is 46.2 Å². The fourth-order valence-corrected chi connectivity index (χ4v) is 3.23. The number of carbonyl (C=O) groups excluding carboxylic acids is 1. The second kappa shape index (κ2) is 7.51. The maximum Gasteiger partial charge on any atom is 0.266 e. The highest BCUT2D eigenvalue weighted by Gasteiger charge is 2.31. The Kier molecular flexibility index (Phi) is 5.17. The summed E-state index contributed by atoms with van der Waals surface area (Å²) in [7, 11) is 0. The molecule has 0 aromatic carbocycles. The summed E-state index contributed by atoms with van der Waals surface area (Å²) in [6.07, 6.45) is 8.54. The molecule has 7 heteroatoms. The quantitative estimate of drug-likeness (QED) is 0.595. The molecule has 2 aromatic heterocycles. The van der Waals surface area contributed by atoms with Crippen LogP contribution in [0.1, 0.15) is 12.7 Å². The molecule has 1 fully saturated rings. The van der Waals surface area contributed by atoms with Gasteiger partial charge in [-0.05, 0) is 55.1 Å². The van der Waals surface area contributed by atoms with Crippen molar-refractivity contribution in [3.8, 4) is 0 Å². The zero-order chi connectivity index (χ0) is 16.9. The third kappa shape index (κ3) is 3.60. The second-order valence-corrected chi connectivity index (χ2v) is 6.13. The van der Waals surface area contributed by atoms with Gasteiger partial charge in [-0.3, -0.25) is 9.69 Å². The van der Waals surface area contributed by atoms with Crippen molar-refractivity contribution in [2.24, 2.45) is 4.99 Å². The second-order valence-electron chi connectivity index (χ2n) is 4.76. The predicted octanol–water partition coefficient (Wildman–Crippen LogP) is 4.51. The molecule has 1 aliphatic rings. The van der Waals surface area contributed by atoms with E-state index < -0.39 is 0 Å². The molecule has 0 spiro atoms. The van der Waals surface area contributed by atoms with Crippen LogP contribution in [0.3, 0.4) is 0 Å². The summed E-state index contributed by atoms with van der Waals surface area (Å²) in [5, 5.41) is 0.902. The Morgan fingerprint density at radius 1 is 1.42 bits per heavy atom. The summed E-state index contributed by atoms with van der Waals surface area (Å²) in [5.74, 6) is 0.649. The van der Waals surface area contributed by atoms with Crippen LogP contribution < -0.4 is 0 Å². The van der Waals surface area contributed by atoms with Crippen molar-refractivity contribution in [2.75, 3.05) is 6.54 Å². The lowest BCUT2D eigenvalue weighted by molar-refractivity contribution is -0.122. The van der Waals surface area contributed by atoms with Crippen LogP contribution in [-0.2, 0) is 4.79 Å². The average Bonchev–Trinajstić information content (AvgIpc) is 3.19. The predicted molar refractivity (Wildman–Crippen MR) is 97.1 cm³/mol. The van der Waals surface area contributed by atoms with Gasteiger partial charge in [0.1, 0.15) is 11.4 Å². The van der Waals surface area contributed by atoms with Gasteiger partial charge in [0.15, 0.2) is 10.3 Å². The van der Waals surface area contributed by atoms with E-state index in [-0.39, 0.29) is 5.91 Å². The van der Waals surface area contributed by atoms with E-state index in [2.05, 4.69) is 9.98 Å². The number of hydrogen-bond acceptors (Lipinski definition) is 5. The molecule has 5 nitrogen and oxygen atoms in total. The topological polar surface area (TPSA) is 58.7 Å². The van der Waals surface area contributed by atoms with Crippen molar-refractivity contribution in [1.29, 1.82) is 0 Å². The number of nitrogens with zero attached hydrogens (tertiary/aromatic N) is 3. The van der Waals surface area contributed by atoms with Gasteiger partial charge in [-0.25, -0.2) is 9.98 Å². The highest BCUT2D eigenvalue weighted by Crippen LogP contribution is 2.33. The number of furan rings is 1. The van der Waals surface area contributed by atoms with Gasteiger partial charge in [-0.1, -0.05) is 17.7 Å². The molecule has 0 aliphatic carbocycles. The molecule has 3 heterocycles. The summed E-state index contributed by atoms with van der Waals surface area (Å²) in [5.41, 5.74) is 0.542. The number of hydrogen-bond donors (Lipinski definition) is 0. The first-order chi connectivity index (χ1) is 11.7. The average molecular weight is 360 g/mol. The highest BCUT2D eigenvalue weighted by molar-refractivity contribution is 8.18. The van der Waals surface area contributed by atoms with Gasteiger partial charge in [0, 0.05) is 12.7 Å². The van der Waals surface area contributed by atoms with E-state index in [1.807, 2.05) is 19.1 Å². The highest BCUT2D eigenvalue weighted by atomic mass is 35.5. The van der Waals surface area contributed by atoms with E-state index in [9.17, 15) is 4.79 Å². The molecule has 0 unspecified atom stereocenters. The van der Waals surface area contributed by atoms with Gasteiger partial charge in [0.05, 0.1) is 11.2 Å². The van der Waals surface area contributed by atoms with Crippen molar-refractivity contribution in [3.63, 3.8) is 0 Å². The Balaban J connectivity index is 1.85. The van der Waals surface area contributed by atoms with Gasteiger partial charge < -0.3 is 4.42 Å². The van der Waals surface area contributed by atoms with E-state index in [0.29, 0.717) is 27.5 Å². The van der Waals surface area contributed by atoms with E-state index in [0.717, 1.165) is 5.76 Å². The summed E-state index contributed by atoms with van der Waals surface area (Å²) in [6, 6.07) is 7.17. The Hall–Kier alpha value is -2.31. The first kappa shape index (κ1) is 16.5. The van der Waals surface area contributed by atoms with E-state index in [1.54, 1.807) is 47.7 Å². The van der Waals surface area contributed by atoms with Crippen LogP contribution in [0.2, 0.25) is 5.15 Å². The summed E-state index contributed by atoms with van der Waals surface area (Å²) >= 11 is 7.35. The summed E-state index contributed by atoms with van der Waals surface area (Å²) in [4.78, 5) is 23.1. The molecule has 0 bridgehead atoms. The minimum atomic E-state index is -0.0784. The third-order valence-electron chi connectivity index (χ3n) is 3.21. The summed E-state index contributed by atoms with van der Waals surface area (Å²) in [6.45, 7) is 2.43. The molecule has 122 valence electrons. The third-order valence-corrected chi connectivity index (χ3v) is 4.53. The fourth-order valence-electron chi connectivity index (χ4n) is 2.06.